The molecule has 5 nitrogen and oxygen atoms in total. The molecule has 0 amide bonds. The molecule has 2 rings (SSSR count). The first-order valence-electron chi connectivity index (χ1n) is 4.38. The lowest BCUT2D eigenvalue weighted by atomic mass is 10.2. The van der Waals surface area contributed by atoms with E-state index < -0.39 is 5.97 Å². The molecule has 76 valence electrons. The Balaban J connectivity index is 2.49. The van der Waals surface area contributed by atoms with E-state index in [0.29, 0.717) is 22.4 Å². The summed E-state index contributed by atoms with van der Waals surface area (Å²) in [6, 6.07) is 5.16. The Morgan fingerprint density at radius 1 is 1.40 bits per heavy atom. The molecule has 0 aliphatic carbocycles. The first-order valence-corrected chi connectivity index (χ1v) is 4.38. The summed E-state index contributed by atoms with van der Waals surface area (Å²) in [5.74, 6) is -0.924. The van der Waals surface area contributed by atoms with Crippen LogP contribution in [0.3, 0.4) is 0 Å². The molecule has 0 fully saturated rings. The van der Waals surface area contributed by atoms with Crippen molar-refractivity contribution in [3.8, 4) is 0 Å². The Kier molecular flexibility index (Phi) is 2.21. The number of anilines is 1. The summed E-state index contributed by atoms with van der Waals surface area (Å²) >= 11 is 0. The van der Waals surface area contributed by atoms with Crippen LogP contribution < -0.4 is 5.73 Å². The molecule has 2 aromatic rings. The molecule has 0 saturated carbocycles. The lowest BCUT2D eigenvalue weighted by molar-refractivity contribution is -0.136. The second-order valence-corrected chi connectivity index (χ2v) is 3.18. The van der Waals surface area contributed by atoms with E-state index >= 15 is 0 Å². The van der Waals surface area contributed by atoms with Gasteiger partial charge in [0.05, 0.1) is 23.1 Å². The highest BCUT2D eigenvalue weighted by atomic mass is 16.4. The van der Waals surface area contributed by atoms with Gasteiger partial charge in [-0.05, 0) is 18.2 Å². The van der Waals surface area contributed by atoms with Crippen molar-refractivity contribution in [3.05, 3.63) is 30.1 Å². The zero-order valence-electron chi connectivity index (χ0n) is 7.84. The van der Waals surface area contributed by atoms with Gasteiger partial charge in [-0.25, -0.2) is 4.98 Å². The molecule has 5 heteroatoms. The number of carboxylic acid groups (broad SMARTS) is 1. The molecule has 3 N–H and O–H groups in total. The van der Waals surface area contributed by atoms with Gasteiger partial charge in [0.1, 0.15) is 0 Å². The fourth-order valence-corrected chi connectivity index (χ4v) is 1.31. The average molecular weight is 203 g/mol. The van der Waals surface area contributed by atoms with Crippen molar-refractivity contribution < 1.29 is 9.90 Å². The van der Waals surface area contributed by atoms with E-state index in [2.05, 4.69) is 9.97 Å². The minimum atomic E-state index is -0.924. The first-order chi connectivity index (χ1) is 7.15. The van der Waals surface area contributed by atoms with Crippen molar-refractivity contribution >= 4 is 22.7 Å². The molecule has 0 spiro atoms. The van der Waals surface area contributed by atoms with Crippen molar-refractivity contribution in [1.82, 2.24) is 9.97 Å². The van der Waals surface area contributed by atoms with Gasteiger partial charge in [0.15, 0.2) is 0 Å². The summed E-state index contributed by atoms with van der Waals surface area (Å²) in [5.41, 5.74) is 7.94. The monoisotopic (exact) mass is 203 g/mol. The number of nitrogens with two attached hydrogens (primary N) is 1. The molecule has 1 aromatic heterocycles. The summed E-state index contributed by atoms with van der Waals surface area (Å²) in [6.07, 6.45) is 1.34. The first kappa shape index (κ1) is 9.39. The fourth-order valence-electron chi connectivity index (χ4n) is 1.31. The summed E-state index contributed by atoms with van der Waals surface area (Å²) in [5, 5.41) is 8.60. The van der Waals surface area contributed by atoms with E-state index in [1.807, 2.05) is 0 Å². The lowest BCUT2D eigenvalue weighted by Crippen LogP contribution is -2.03. The Labute approximate surface area is 85.6 Å². The van der Waals surface area contributed by atoms with Crippen LogP contribution in [0.5, 0.6) is 0 Å². The highest BCUT2D eigenvalue weighted by molar-refractivity contribution is 5.78. The predicted molar refractivity (Wildman–Crippen MR) is 55.3 cm³/mol. The molecule has 1 aromatic carbocycles. The molecular formula is C10H9N3O2. The highest BCUT2D eigenvalue weighted by Crippen LogP contribution is 2.13. The van der Waals surface area contributed by atoms with E-state index in [9.17, 15) is 4.79 Å². The van der Waals surface area contributed by atoms with Gasteiger partial charge in [-0.1, -0.05) is 0 Å². The minimum absolute atomic E-state index is 0.127. The third kappa shape index (κ3) is 2.01. The number of aliphatic carboxylic acids is 1. The van der Waals surface area contributed by atoms with Crippen molar-refractivity contribution in [3.63, 3.8) is 0 Å². The Morgan fingerprint density at radius 2 is 2.20 bits per heavy atom. The molecule has 15 heavy (non-hydrogen) atoms. The number of aromatic nitrogens is 2. The topological polar surface area (TPSA) is 89.1 Å². The number of carbonyl (C=O) groups is 1. The SMILES string of the molecule is Nc1ccc2ncc(CC(=O)O)nc2c1. The van der Waals surface area contributed by atoms with Gasteiger partial charge in [0.25, 0.3) is 0 Å². The molecule has 0 atom stereocenters. The maximum atomic E-state index is 10.5. The van der Waals surface area contributed by atoms with Gasteiger partial charge in [-0.2, -0.15) is 0 Å². The number of hydrogen-bond donors (Lipinski definition) is 2. The van der Waals surface area contributed by atoms with E-state index in [0.717, 1.165) is 0 Å². The van der Waals surface area contributed by atoms with Crippen LogP contribution in [0.1, 0.15) is 5.69 Å². The summed E-state index contributed by atoms with van der Waals surface area (Å²) in [7, 11) is 0. The number of fused-ring (bicyclic) bond motifs is 1. The Morgan fingerprint density at radius 3 is 2.93 bits per heavy atom. The minimum Gasteiger partial charge on any atom is -0.481 e. The average Bonchev–Trinajstić information content (AvgIpc) is 2.16. The molecule has 0 saturated heterocycles. The van der Waals surface area contributed by atoms with Gasteiger partial charge < -0.3 is 10.8 Å². The van der Waals surface area contributed by atoms with E-state index in [1.54, 1.807) is 18.2 Å². The van der Waals surface area contributed by atoms with Crippen LogP contribution in [-0.2, 0) is 11.2 Å². The largest absolute Gasteiger partial charge is 0.481 e. The zero-order chi connectivity index (χ0) is 10.8. The number of benzene rings is 1. The third-order valence-corrected chi connectivity index (χ3v) is 1.95. The molecule has 1 heterocycles. The number of hydrogen-bond acceptors (Lipinski definition) is 4. The lowest BCUT2D eigenvalue weighted by Gasteiger charge is -2.00. The van der Waals surface area contributed by atoms with Crippen LogP contribution >= 0.6 is 0 Å². The predicted octanol–water partition coefficient (Wildman–Crippen LogP) is 0.839. The van der Waals surface area contributed by atoms with Gasteiger partial charge in [-0.3, -0.25) is 9.78 Å². The van der Waals surface area contributed by atoms with Crippen molar-refractivity contribution in [1.29, 1.82) is 0 Å². The Hall–Kier alpha value is -2.17. The van der Waals surface area contributed by atoms with Crippen LogP contribution in [0.15, 0.2) is 24.4 Å². The maximum absolute atomic E-state index is 10.5. The van der Waals surface area contributed by atoms with Crippen molar-refractivity contribution in [2.45, 2.75) is 6.42 Å². The van der Waals surface area contributed by atoms with E-state index in [-0.39, 0.29) is 6.42 Å². The molecule has 0 unspecified atom stereocenters. The quantitative estimate of drug-likeness (QED) is 0.706. The van der Waals surface area contributed by atoms with Crippen LogP contribution in [0.2, 0.25) is 0 Å². The number of carboxylic acids is 1. The number of nitrogens with zero attached hydrogens (tertiary/aromatic N) is 2. The second kappa shape index (κ2) is 3.53. The molecule has 0 bridgehead atoms. The third-order valence-electron chi connectivity index (χ3n) is 1.95. The van der Waals surface area contributed by atoms with Gasteiger partial charge >= 0.3 is 5.97 Å². The van der Waals surface area contributed by atoms with Crippen LogP contribution in [0.4, 0.5) is 5.69 Å². The normalized spacial score (nSPS) is 10.4. The molecule has 0 aliphatic rings. The van der Waals surface area contributed by atoms with Crippen LogP contribution in [-0.4, -0.2) is 21.0 Å². The maximum Gasteiger partial charge on any atom is 0.309 e. The standard InChI is InChI=1S/C10H9N3O2/c11-6-1-2-8-9(3-6)13-7(5-12-8)4-10(14)15/h1-3,5H,4,11H2,(H,14,15). The highest BCUT2D eigenvalue weighted by Gasteiger charge is 2.04. The van der Waals surface area contributed by atoms with Crippen LogP contribution in [0, 0.1) is 0 Å². The smallest absolute Gasteiger partial charge is 0.309 e. The van der Waals surface area contributed by atoms with E-state index in [4.69, 9.17) is 10.8 Å². The molecular weight excluding hydrogens is 194 g/mol. The van der Waals surface area contributed by atoms with Gasteiger partial charge in [0.2, 0.25) is 0 Å². The van der Waals surface area contributed by atoms with Crippen molar-refractivity contribution in [2.24, 2.45) is 0 Å². The van der Waals surface area contributed by atoms with Gasteiger partial charge in [-0.15, -0.1) is 0 Å². The molecule has 0 aliphatic heterocycles. The number of nitrogen functional groups attached to an aromatic ring is 1. The fraction of sp³-hybridized carbons (Fsp3) is 0.100. The summed E-state index contributed by atoms with van der Waals surface area (Å²) < 4.78 is 0. The molecule has 0 radical (unpaired) electrons. The number of rotatable bonds is 2. The Bertz CT molecular complexity index is 525. The second-order valence-electron chi connectivity index (χ2n) is 3.18. The summed E-state index contributed by atoms with van der Waals surface area (Å²) in [6.45, 7) is 0. The van der Waals surface area contributed by atoms with Crippen molar-refractivity contribution in [2.75, 3.05) is 5.73 Å². The summed E-state index contributed by atoms with van der Waals surface area (Å²) in [4.78, 5) is 18.7. The van der Waals surface area contributed by atoms with Crippen LogP contribution in [0.25, 0.3) is 11.0 Å². The van der Waals surface area contributed by atoms with E-state index in [1.165, 1.54) is 6.20 Å². The van der Waals surface area contributed by atoms with Gasteiger partial charge in [0, 0.05) is 11.9 Å². The zero-order valence-corrected chi connectivity index (χ0v) is 7.84.